The Morgan fingerprint density at radius 3 is 2.96 bits per heavy atom. The molecule has 0 atom stereocenters. The molecule has 3 N–H and O–H groups in total. The number of aromatic nitrogens is 2. The molecule has 27 heavy (non-hydrogen) atoms. The molecule has 0 bridgehead atoms. The average molecular weight is 385 g/mol. The van der Waals surface area contributed by atoms with E-state index in [9.17, 15) is 0 Å². The minimum absolute atomic E-state index is 0.258. The van der Waals surface area contributed by atoms with Crippen molar-refractivity contribution in [2.75, 3.05) is 42.3 Å². The van der Waals surface area contributed by atoms with Crippen molar-refractivity contribution >= 4 is 40.5 Å². The molecule has 0 saturated carbocycles. The number of rotatable bonds is 5. The van der Waals surface area contributed by atoms with E-state index in [1.165, 1.54) is 0 Å². The zero-order valence-electron chi connectivity index (χ0n) is 15.1. The summed E-state index contributed by atoms with van der Waals surface area (Å²) in [5.74, 6) is 2.15. The molecule has 2 aromatic rings. The second kappa shape index (κ2) is 7.17. The molecule has 0 amide bonds. The van der Waals surface area contributed by atoms with E-state index >= 15 is 0 Å². The first-order valence-corrected chi connectivity index (χ1v) is 9.16. The molecule has 0 aliphatic carbocycles. The average Bonchev–Trinajstić information content (AvgIpc) is 3.10. The molecule has 1 aromatic carbocycles. The number of nitrogens with zero attached hydrogens (tertiary/aromatic N) is 4. The van der Waals surface area contributed by atoms with E-state index in [0.29, 0.717) is 36.4 Å². The lowest BCUT2D eigenvalue weighted by Gasteiger charge is -2.28. The number of benzene rings is 1. The van der Waals surface area contributed by atoms with Crippen LogP contribution in [0.15, 0.2) is 36.0 Å². The zero-order chi connectivity index (χ0) is 19.0. The Morgan fingerprint density at radius 1 is 1.41 bits per heavy atom. The second-order valence-corrected chi connectivity index (χ2v) is 7.00. The van der Waals surface area contributed by atoms with Gasteiger partial charge in [-0.25, -0.2) is 4.98 Å². The highest BCUT2D eigenvalue weighted by atomic mass is 35.5. The highest BCUT2D eigenvalue weighted by Gasteiger charge is 2.27. The molecule has 7 nitrogen and oxygen atoms in total. The third-order valence-electron chi connectivity index (χ3n) is 4.64. The van der Waals surface area contributed by atoms with Crippen LogP contribution >= 0.6 is 11.6 Å². The largest absolute Gasteiger partial charge is 0.398 e. The fraction of sp³-hybridized carbons (Fsp3) is 0.316. The van der Waals surface area contributed by atoms with Gasteiger partial charge >= 0.3 is 0 Å². The lowest BCUT2D eigenvalue weighted by molar-refractivity contribution is 0.0208. The number of halogens is 1. The highest BCUT2D eigenvalue weighted by molar-refractivity contribution is 6.38. The number of hydrogen-bond donors (Lipinski definition) is 2. The SMILES string of the molecule is C=C(C1=NCCN1c1nc(NC2COC2)ncc1C)c1cccc(N)c1Cl. The molecular weight excluding hydrogens is 364 g/mol. The van der Waals surface area contributed by atoms with Gasteiger partial charge < -0.3 is 20.7 Å². The van der Waals surface area contributed by atoms with Crippen LogP contribution in [0.4, 0.5) is 17.5 Å². The van der Waals surface area contributed by atoms with E-state index in [0.717, 1.165) is 34.9 Å². The first-order chi connectivity index (χ1) is 13.0. The molecule has 0 spiro atoms. The van der Waals surface area contributed by atoms with E-state index in [1.807, 2.05) is 25.3 Å². The summed E-state index contributed by atoms with van der Waals surface area (Å²) in [4.78, 5) is 15.8. The van der Waals surface area contributed by atoms with Crippen molar-refractivity contribution in [1.29, 1.82) is 0 Å². The number of nitrogen functional groups attached to an aromatic ring is 1. The molecule has 1 saturated heterocycles. The Bertz CT molecular complexity index is 924. The van der Waals surface area contributed by atoms with Crippen LogP contribution in [0.3, 0.4) is 0 Å². The highest BCUT2D eigenvalue weighted by Crippen LogP contribution is 2.32. The molecular formula is C19H21ClN6O. The van der Waals surface area contributed by atoms with Crippen molar-refractivity contribution in [3.63, 3.8) is 0 Å². The lowest BCUT2D eigenvalue weighted by Crippen LogP contribution is -2.41. The summed E-state index contributed by atoms with van der Waals surface area (Å²) in [6.07, 6.45) is 1.82. The predicted molar refractivity (Wildman–Crippen MR) is 110 cm³/mol. The Morgan fingerprint density at radius 2 is 2.22 bits per heavy atom. The molecule has 1 fully saturated rings. The number of nitrogens with one attached hydrogen (secondary N) is 1. The number of anilines is 3. The summed E-state index contributed by atoms with van der Waals surface area (Å²) in [5, 5.41) is 3.78. The number of ether oxygens (including phenoxy) is 1. The van der Waals surface area contributed by atoms with Gasteiger partial charge in [0.2, 0.25) is 5.95 Å². The molecule has 2 aliphatic heterocycles. The quantitative estimate of drug-likeness (QED) is 0.770. The van der Waals surface area contributed by atoms with Gasteiger partial charge in [0.15, 0.2) is 0 Å². The Kier molecular flexibility index (Phi) is 4.72. The number of amidine groups is 1. The Hall–Kier alpha value is -2.64. The maximum absolute atomic E-state index is 6.39. The van der Waals surface area contributed by atoms with Crippen LogP contribution in [-0.2, 0) is 4.74 Å². The van der Waals surface area contributed by atoms with E-state index in [2.05, 4.69) is 26.8 Å². The van der Waals surface area contributed by atoms with E-state index in [4.69, 9.17) is 27.1 Å². The summed E-state index contributed by atoms with van der Waals surface area (Å²) < 4.78 is 5.20. The van der Waals surface area contributed by atoms with Crippen molar-refractivity contribution in [3.8, 4) is 0 Å². The van der Waals surface area contributed by atoms with Gasteiger partial charge in [0.25, 0.3) is 0 Å². The summed E-state index contributed by atoms with van der Waals surface area (Å²) in [6.45, 7) is 8.94. The van der Waals surface area contributed by atoms with Gasteiger partial charge in [-0.3, -0.25) is 4.99 Å². The third kappa shape index (κ3) is 3.36. The maximum Gasteiger partial charge on any atom is 0.225 e. The van der Waals surface area contributed by atoms with Gasteiger partial charge in [-0.05, 0) is 13.0 Å². The van der Waals surface area contributed by atoms with Crippen LogP contribution in [0.2, 0.25) is 5.02 Å². The maximum atomic E-state index is 6.39. The summed E-state index contributed by atoms with van der Waals surface area (Å²) in [6, 6.07) is 5.79. The fourth-order valence-corrected chi connectivity index (χ4v) is 3.33. The molecule has 4 rings (SSSR count). The fourth-order valence-electron chi connectivity index (χ4n) is 3.09. The first kappa shape index (κ1) is 17.8. The van der Waals surface area contributed by atoms with Crippen LogP contribution in [0, 0.1) is 6.92 Å². The van der Waals surface area contributed by atoms with E-state index in [1.54, 1.807) is 6.07 Å². The van der Waals surface area contributed by atoms with Gasteiger partial charge in [-0.1, -0.05) is 30.3 Å². The normalized spacial score (nSPS) is 16.8. The summed E-state index contributed by atoms with van der Waals surface area (Å²) >= 11 is 6.39. The third-order valence-corrected chi connectivity index (χ3v) is 5.06. The predicted octanol–water partition coefficient (Wildman–Crippen LogP) is 2.76. The molecule has 1 aromatic heterocycles. The van der Waals surface area contributed by atoms with E-state index in [-0.39, 0.29) is 6.04 Å². The number of hydrogen-bond acceptors (Lipinski definition) is 7. The van der Waals surface area contributed by atoms with Gasteiger partial charge in [0.1, 0.15) is 11.7 Å². The summed E-state index contributed by atoms with van der Waals surface area (Å²) in [7, 11) is 0. The smallest absolute Gasteiger partial charge is 0.225 e. The second-order valence-electron chi connectivity index (χ2n) is 6.62. The monoisotopic (exact) mass is 384 g/mol. The minimum atomic E-state index is 0.258. The van der Waals surface area contributed by atoms with Crippen molar-refractivity contribution in [2.45, 2.75) is 13.0 Å². The molecule has 0 unspecified atom stereocenters. The summed E-state index contributed by atoms with van der Waals surface area (Å²) in [5.41, 5.74) is 8.94. The van der Waals surface area contributed by atoms with Crippen LogP contribution in [0.25, 0.3) is 5.57 Å². The van der Waals surface area contributed by atoms with Crippen LogP contribution in [0.1, 0.15) is 11.1 Å². The van der Waals surface area contributed by atoms with Crippen molar-refractivity contribution in [2.24, 2.45) is 4.99 Å². The standard InChI is InChI=1S/C19H21ClN6O/c1-11-8-23-19(24-13-9-27-10-13)25-17(11)26-7-6-22-18(26)12(2)14-4-3-5-15(21)16(14)20/h3-5,8,13H,2,6-7,9-10,21H2,1H3,(H,23,24,25). The Labute approximate surface area is 162 Å². The van der Waals surface area contributed by atoms with Crippen LogP contribution in [-0.4, -0.2) is 48.1 Å². The Balaban J connectivity index is 1.64. The number of nitrogens with two attached hydrogens (primary N) is 1. The zero-order valence-corrected chi connectivity index (χ0v) is 15.8. The van der Waals surface area contributed by atoms with Gasteiger partial charge in [-0.15, -0.1) is 0 Å². The van der Waals surface area contributed by atoms with E-state index < -0.39 is 0 Å². The van der Waals surface area contributed by atoms with Crippen LogP contribution in [0.5, 0.6) is 0 Å². The molecule has 0 radical (unpaired) electrons. The minimum Gasteiger partial charge on any atom is -0.398 e. The van der Waals surface area contributed by atoms with Gasteiger partial charge in [-0.2, -0.15) is 4.98 Å². The van der Waals surface area contributed by atoms with Crippen molar-refractivity contribution < 1.29 is 4.74 Å². The topological polar surface area (TPSA) is 88.7 Å². The van der Waals surface area contributed by atoms with Crippen molar-refractivity contribution in [3.05, 3.63) is 47.1 Å². The van der Waals surface area contributed by atoms with Crippen LogP contribution < -0.4 is 16.0 Å². The molecule has 3 heterocycles. The molecule has 140 valence electrons. The van der Waals surface area contributed by atoms with Crippen molar-refractivity contribution in [1.82, 2.24) is 9.97 Å². The number of aliphatic imine (C=N–C) groups is 1. The molecule has 8 heteroatoms. The number of aryl methyl sites for hydroxylation is 1. The van der Waals surface area contributed by atoms with Gasteiger partial charge in [0.05, 0.1) is 36.5 Å². The molecule has 2 aliphatic rings. The lowest BCUT2D eigenvalue weighted by atomic mass is 10.0. The van der Waals surface area contributed by atoms with Gasteiger partial charge in [0, 0.05) is 29.4 Å². The first-order valence-electron chi connectivity index (χ1n) is 8.78.